The van der Waals surface area contributed by atoms with Crippen LogP contribution in [0.4, 0.5) is 0 Å². The molecule has 0 fully saturated rings. The number of rotatable bonds is 8. The largest absolute Gasteiger partial charge is 0.484 e. The van der Waals surface area contributed by atoms with Gasteiger partial charge in [0.1, 0.15) is 5.75 Å². The molecule has 2 amide bonds. The molecule has 0 radical (unpaired) electrons. The maximum absolute atomic E-state index is 12.4. The molecule has 0 aliphatic carbocycles. The molecule has 0 aliphatic heterocycles. The molecule has 7 nitrogen and oxygen atoms in total. The van der Waals surface area contributed by atoms with E-state index in [0.717, 1.165) is 11.4 Å². The van der Waals surface area contributed by atoms with Crippen LogP contribution in [0.5, 0.6) is 5.75 Å². The van der Waals surface area contributed by atoms with Gasteiger partial charge in [-0.3, -0.25) is 9.59 Å². The molecule has 1 heterocycles. The number of carbonyl (C=O) groups excluding carboxylic acids is 2. The van der Waals surface area contributed by atoms with Gasteiger partial charge in [-0.05, 0) is 36.4 Å². The number of amides is 2. The highest BCUT2D eigenvalue weighted by Crippen LogP contribution is 2.13. The fourth-order valence-corrected chi connectivity index (χ4v) is 2.63. The van der Waals surface area contributed by atoms with E-state index in [4.69, 9.17) is 4.74 Å². The number of aromatic nitrogens is 2. The van der Waals surface area contributed by atoms with Gasteiger partial charge in [-0.15, -0.1) is 0 Å². The van der Waals surface area contributed by atoms with Gasteiger partial charge in [-0.2, -0.15) is 5.10 Å². The van der Waals surface area contributed by atoms with Crippen LogP contribution in [0.3, 0.4) is 0 Å². The molecule has 0 unspecified atom stereocenters. The minimum Gasteiger partial charge on any atom is -0.484 e. The lowest BCUT2D eigenvalue weighted by atomic mass is 10.2. The van der Waals surface area contributed by atoms with Gasteiger partial charge in [-0.25, -0.2) is 4.68 Å². The Balaban J connectivity index is 1.50. The zero-order valence-electron chi connectivity index (χ0n) is 16.5. The maximum atomic E-state index is 12.4. The van der Waals surface area contributed by atoms with Crippen LogP contribution < -0.4 is 10.1 Å². The second-order valence-electron chi connectivity index (χ2n) is 6.70. The first-order valence-corrected chi connectivity index (χ1v) is 9.34. The van der Waals surface area contributed by atoms with Crippen LogP contribution in [0, 0.1) is 0 Å². The average molecular weight is 392 g/mol. The van der Waals surface area contributed by atoms with Crippen molar-refractivity contribution >= 4 is 11.8 Å². The third kappa shape index (κ3) is 5.68. The number of hydrogen-bond donors (Lipinski definition) is 1. The molecular weight excluding hydrogens is 368 g/mol. The highest BCUT2D eigenvalue weighted by Gasteiger charge is 2.09. The third-order valence-electron chi connectivity index (χ3n) is 4.29. The third-order valence-corrected chi connectivity index (χ3v) is 4.29. The van der Waals surface area contributed by atoms with Crippen LogP contribution in [-0.4, -0.2) is 53.7 Å². The highest BCUT2D eigenvalue weighted by atomic mass is 16.5. The Morgan fingerprint density at radius 1 is 1.07 bits per heavy atom. The number of carbonyl (C=O) groups is 2. The lowest BCUT2D eigenvalue weighted by molar-refractivity contribution is -0.130. The number of hydrogen-bond acceptors (Lipinski definition) is 4. The SMILES string of the molecule is CN(C)C(=O)COc1cccc(C(=O)NCCc2ccn(-c3ccccc3)n2)c1. The van der Waals surface area contributed by atoms with Gasteiger partial charge in [0, 0.05) is 38.8 Å². The van der Waals surface area contributed by atoms with Gasteiger partial charge in [0.25, 0.3) is 11.8 Å². The molecule has 0 spiro atoms. The molecule has 0 bridgehead atoms. The molecule has 0 aliphatic rings. The summed E-state index contributed by atoms with van der Waals surface area (Å²) in [6.45, 7) is 0.400. The molecule has 1 N–H and O–H groups in total. The van der Waals surface area contributed by atoms with Gasteiger partial charge in [0.05, 0.1) is 11.4 Å². The van der Waals surface area contributed by atoms with E-state index in [1.807, 2.05) is 47.3 Å². The summed E-state index contributed by atoms with van der Waals surface area (Å²) in [4.78, 5) is 25.5. The normalized spacial score (nSPS) is 10.4. The molecule has 0 saturated heterocycles. The summed E-state index contributed by atoms with van der Waals surface area (Å²) in [6.07, 6.45) is 2.53. The Morgan fingerprint density at radius 3 is 2.62 bits per heavy atom. The summed E-state index contributed by atoms with van der Waals surface area (Å²) in [5.41, 5.74) is 2.37. The molecule has 150 valence electrons. The number of benzene rings is 2. The van der Waals surface area contributed by atoms with Crippen molar-refractivity contribution in [2.75, 3.05) is 27.2 Å². The monoisotopic (exact) mass is 392 g/mol. The predicted octanol–water partition coefficient (Wildman–Crippen LogP) is 2.31. The zero-order valence-corrected chi connectivity index (χ0v) is 16.5. The minimum absolute atomic E-state index is 0.0673. The van der Waals surface area contributed by atoms with Crippen molar-refractivity contribution in [2.24, 2.45) is 0 Å². The highest BCUT2D eigenvalue weighted by molar-refractivity contribution is 5.94. The first-order chi connectivity index (χ1) is 14.0. The van der Waals surface area contributed by atoms with Crippen LogP contribution in [0.2, 0.25) is 0 Å². The van der Waals surface area contributed by atoms with E-state index in [2.05, 4.69) is 10.4 Å². The van der Waals surface area contributed by atoms with E-state index in [1.54, 1.807) is 38.4 Å². The average Bonchev–Trinajstić information content (AvgIpc) is 3.21. The van der Waals surface area contributed by atoms with Gasteiger partial charge < -0.3 is 15.0 Å². The molecule has 0 atom stereocenters. The van der Waals surface area contributed by atoms with Crippen LogP contribution in [-0.2, 0) is 11.2 Å². The molecule has 2 aromatic carbocycles. The van der Waals surface area contributed by atoms with Crippen LogP contribution >= 0.6 is 0 Å². The van der Waals surface area contributed by atoms with Crippen LogP contribution in [0.1, 0.15) is 16.1 Å². The fourth-order valence-electron chi connectivity index (χ4n) is 2.63. The van der Waals surface area contributed by atoms with Crippen LogP contribution in [0.25, 0.3) is 5.69 Å². The lowest BCUT2D eigenvalue weighted by Gasteiger charge is -2.12. The predicted molar refractivity (Wildman–Crippen MR) is 110 cm³/mol. The van der Waals surface area contributed by atoms with Gasteiger partial charge >= 0.3 is 0 Å². The number of para-hydroxylation sites is 1. The molecule has 3 aromatic rings. The molecule has 1 aromatic heterocycles. The van der Waals surface area contributed by atoms with Gasteiger partial charge in [-0.1, -0.05) is 24.3 Å². The lowest BCUT2D eigenvalue weighted by Crippen LogP contribution is -2.28. The summed E-state index contributed by atoms with van der Waals surface area (Å²) in [7, 11) is 3.33. The van der Waals surface area contributed by atoms with Crippen molar-refractivity contribution in [3.8, 4) is 11.4 Å². The minimum atomic E-state index is -0.197. The van der Waals surface area contributed by atoms with E-state index in [9.17, 15) is 9.59 Å². The Labute approximate surface area is 169 Å². The summed E-state index contributed by atoms with van der Waals surface area (Å²) >= 11 is 0. The molecule has 7 heteroatoms. The van der Waals surface area contributed by atoms with Crippen molar-refractivity contribution in [3.63, 3.8) is 0 Å². The summed E-state index contributed by atoms with van der Waals surface area (Å²) < 4.78 is 7.27. The second-order valence-corrected chi connectivity index (χ2v) is 6.70. The van der Waals surface area contributed by atoms with Crippen molar-refractivity contribution in [1.29, 1.82) is 0 Å². The van der Waals surface area contributed by atoms with Crippen LogP contribution in [0.15, 0.2) is 66.9 Å². The Morgan fingerprint density at radius 2 is 1.86 bits per heavy atom. The molecular formula is C22H24N4O3. The van der Waals surface area contributed by atoms with Crippen molar-refractivity contribution in [1.82, 2.24) is 20.0 Å². The first-order valence-electron chi connectivity index (χ1n) is 9.34. The Hall–Kier alpha value is -3.61. The fraction of sp³-hybridized carbons (Fsp3) is 0.227. The van der Waals surface area contributed by atoms with E-state index in [1.165, 1.54) is 4.90 Å². The molecule has 29 heavy (non-hydrogen) atoms. The van der Waals surface area contributed by atoms with Crippen molar-refractivity contribution in [3.05, 3.63) is 78.1 Å². The Kier molecular flexibility index (Phi) is 6.63. The number of ether oxygens (including phenoxy) is 1. The van der Waals surface area contributed by atoms with E-state index in [0.29, 0.717) is 24.3 Å². The second kappa shape index (κ2) is 9.54. The van der Waals surface area contributed by atoms with Gasteiger partial charge in [0.2, 0.25) is 0 Å². The summed E-state index contributed by atoms with van der Waals surface area (Å²) in [5, 5.41) is 7.42. The topological polar surface area (TPSA) is 76.5 Å². The van der Waals surface area contributed by atoms with Crippen molar-refractivity contribution in [2.45, 2.75) is 6.42 Å². The quantitative estimate of drug-likeness (QED) is 0.638. The standard InChI is InChI=1S/C22H24N4O3/c1-25(2)21(27)16-29-20-10-6-7-17(15-20)22(28)23-13-11-18-12-14-26(24-18)19-8-4-3-5-9-19/h3-10,12,14-15H,11,13,16H2,1-2H3,(H,23,28). The van der Waals surface area contributed by atoms with Crippen molar-refractivity contribution < 1.29 is 14.3 Å². The van der Waals surface area contributed by atoms with E-state index >= 15 is 0 Å². The summed E-state index contributed by atoms with van der Waals surface area (Å²) in [5.74, 6) is 0.140. The smallest absolute Gasteiger partial charge is 0.259 e. The van der Waals surface area contributed by atoms with E-state index in [-0.39, 0.29) is 18.4 Å². The van der Waals surface area contributed by atoms with E-state index < -0.39 is 0 Å². The number of nitrogens with one attached hydrogen (secondary N) is 1. The molecule has 3 rings (SSSR count). The number of nitrogens with zero attached hydrogens (tertiary/aromatic N) is 3. The summed E-state index contributed by atoms with van der Waals surface area (Å²) in [6, 6.07) is 18.6. The zero-order chi connectivity index (χ0) is 20.6. The molecule has 0 saturated carbocycles. The maximum Gasteiger partial charge on any atom is 0.259 e. The van der Waals surface area contributed by atoms with Gasteiger partial charge in [0.15, 0.2) is 6.61 Å². The first kappa shape index (κ1) is 20.1. The number of likely N-dealkylation sites (N-methyl/N-ethyl adjacent to an activating group) is 1. The Bertz CT molecular complexity index is 967.